The minimum Gasteiger partial charge on any atom is -0.331 e. The highest BCUT2D eigenvalue weighted by Crippen LogP contribution is 2.37. The Labute approximate surface area is 165 Å². The molecule has 2 N–H and O–H groups in total. The molecule has 5 nitrogen and oxygen atoms in total. The van der Waals surface area contributed by atoms with E-state index in [1.54, 1.807) is 18.2 Å². The van der Waals surface area contributed by atoms with Crippen LogP contribution < -0.4 is 10.6 Å². The second kappa shape index (κ2) is 7.20. The van der Waals surface area contributed by atoms with E-state index < -0.39 is 11.7 Å². The molecular weight excluding hydrogens is 379 g/mol. The number of benzene rings is 2. The number of nitrogens with zero attached hydrogens (tertiary/aromatic N) is 3. The van der Waals surface area contributed by atoms with E-state index in [-0.39, 0.29) is 11.4 Å². The van der Waals surface area contributed by atoms with Crippen LogP contribution in [0.2, 0.25) is 0 Å². The molecule has 1 aliphatic rings. The first-order valence-corrected chi connectivity index (χ1v) is 9.01. The van der Waals surface area contributed by atoms with Crippen LogP contribution in [-0.2, 0) is 6.18 Å². The van der Waals surface area contributed by atoms with Crippen molar-refractivity contribution in [1.29, 1.82) is 0 Å². The molecule has 1 aromatic heterocycles. The van der Waals surface area contributed by atoms with Gasteiger partial charge in [-0.15, -0.1) is 0 Å². The molecule has 0 bridgehead atoms. The van der Waals surface area contributed by atoms with E-state index in [0.29, 0.717) is 23.3 Å². The van der Waals surface area contributed by atoms with E-state index in [2.05, 4.69) is 25.6 Å². The van der Waals surface area contributed by atoms with Gasteiger partial charge in [-0.3, -0.25) is 4.99 Å². The molecule has 0 radical (unpaired) electrons. The van der Waals surface area contributed by atoms with Crippen molar-refractivity contribution in [2.45, 2.75) is 20.0 Å². The number of alkyl halides is 3. The van der Waals surface area contributed by atoms with Crippen molar-refractivity contribution in [2.75, 3.05) is 11.9 Å². The number of hydrogen-bond donors (Lipinski definition) is 2. The zero-order valence-corrected chi connectivity index (χ0v) is 15.8. The third-order valence-corrected chi connectivity index (χ3v) is 4.61. The molecule has 2 aromatic carbocycles. The zero-order valence-electron chi connectivity index (χ0n) is 15.8. The Bertz CT molecular complexity index is 1150. The summed E-state index contributed by atoms with van der Waals surface area (Å²) in [7, 11) is 0. The molecule has 2 heterocycles. The maximum Gasteiger partial charge on any atom is 0.417 e. The standard InChI is InChI=1S/C21H18F3N5/c1-12-11-25-13(2)26-18(12)28-20-15-8-4-6-10-17(15)27-19(29-20)14-7-3-5-9-16(14)21(22,23)24/h3-10H,11H2,1-2H3,(H,25,26)(H,27,28,29). The molecule has 0 saturated carbocycles. The molecule has 29 heavy (non-hydrogen) atoms. The second-order valence-electron chi connectivity index (χ2n) is 6.76. The highest BCUT2D eigenvalue weighted by molar-refractivity contribution is 5.92. The molecule has 0 saturated heterocycles. The minimum atomic E-state index is -4.50. The largest absolute Gasteiger partial charge is 0.417 e. The van der Waals surface area contributed by atoms with Crippen LogP contribution in [0.3, 0.4) is 0 Å². The molecule has 0 aliphatic carbocycles. The first kappa shape index (κ1) is 18.9. The summed E-state index contributed by atoms with van der Waals surface area (Å²) < 4.78 is 40.5. The van der Waals surface area contributed by atoms with Gasteiger partial charge in [0.25, 0.3) is 0 Å². The second-order valence-corrected chi connectivity index (χ2v) is 6.76. The maximum absolute atomic E-state index is 13.5. The van der Waals surface area contributed by atoms with Crippen molar-refractivity contribution in [3.63, 3.8) is 0 Å². The predicted octanol–water partition coefficient (Wildman–Crippen LogP) is 4.98. The van der Waals surface area contributed by atoms with Crippen molar-refractivity contribution in [2.24, 2.45) is 4.99 Å². The van der Waals surface area contributed by atoms with Gasteiger partial charge in [-0.1, -0.05) is 30.3 Å². The predicted molar refractivity (Wildman–Crippen MR) is 107 cm³/mol. The molecule has 0 fully saturated rings. The summed E-state index contributed by atoms with van der Waals surface area (Å²) in [5.41, 5.74) is 0.691. The summed E-state index contributed by atoms with van der Waals surface area (Å²) in [6, 6.07) is 12.5. The van der Waals surface area contributed by atoms with Crippen LogP contribution in [-0.4, -0.2) is 22.3 Å². The minimum absolute atomic E-state index is 0.0126. The fourth-order valence-electron chi connectivity index (χ4n) is 3.12. The zero-order chi connectivity index (χ0) is 20.6. The van der Waals surface area contributed by atoms with E-state index in [4.69, 9.17) is 0 Å². The normalized spacial score (nSPS) is 14.6. The lowest BCUT2D eigenvalue weighted by Gasteiger charge is -2.21. The Kier molecular flexibility index (Phi) is 4.70. The van der Waals surface area contributed by atoms with Crippen molar-refractivity contribution in [3.05, 3.63) is 65.5 Å². The summed E-state index contributed by atoms with van der Waals surface area (Å²) in [4.78, 5) is 13.2. The van der Waals surface area contributed by atoms with Crippen LogP contribution in [0, 0.1) is 0 Å². The van der Waals surface area contributed by atoms with E-state index in [1.807, 2.05) is 26.0 Å². The van der Waals surface area contributed by atoms with Gasteiger partial charge in [-0.2, -0.15) is 13.2 Å². The number of para-hydroxylation sites is 1. The van der Waals surface area contributed by atoms with Gasteiger partial charge in [0.2, 0.25) is 0 Å². The van der Waals surface area contributed by atoms with Crippen LogP contribution in [0.15, 0.2) is 64.9 Å². The van der Waals surface area contributed by atoms with Crippen molar-refractivity contribution >= 4 is 22.6 Å². The number of hydrogen-bond acceptors (Lipinski definition) is 5. The van der Waals surface area contributed by atoms with Gasteiger partial charge in [0.05, 0.1) is 23.5 Å². The topological polar surface area (TPSA) is 62.2 Å². The van der Waals surface area contributed by atoms with Gasteiger partial charge < -0.3 is 10.6 Å². The third kappa shape index (κ3) is 3.78. The molecule has 0 amide bonds. The number of anilines is 1. The molecule has 0 spiro atoms. The van der Waals surface area contributed by atoms with Gasteiger partial charge in [-0.25, -0.2) is 9.97 Å². The molecule has 0 atom stereocenters. The van der Waals surface area contributed by atoms with Gasteiger partial charge in [0.1, 0.15) is 11.6 Å². The number of fused-ring (bicyclic) bond motifs is 1. The fraction of sp³-hybridized carbons (Fsp3) is 0.190. The van der Waals surface area contributed by atoms with E-state index in [1.165, 1.54) is 12.1 Å². The highest BCUT2D eigenvalue weighted by Gasteiger charge is 2.34. The smallest absolute Gasteiger partial charge is 0.331 e. The number of halogens is 3. The Hall–Kier alpha value is -3.42. The lowest BCUT2D eigenvalue weighted by molar-refractivity contribution is -0.137. The monoisotopic (exact) mass is 397 g/mol. The summed E-state index contributed by atoms with van der Waals surface area (Å²) in [5, 5.41) is 7.09. The highest BCUT2D eigenvalue weighted by atomic mass is 19.4. The molecule has 1 aliphatic heterocycles. The fourth-order valence-corrected chi connectivity index (χ4v) is 3.12. The van der Waals surface area contributed by atoms with Crippen LogP contribution in [0.1, 0.15) is 19.4 Å². The van der Waals surface area contributed by atoms with Gasteiger partial charge in [0.15, 0.2) is 5.82 Å². The number of rotatable bonds is 3. The average Bonchev–Trinajstić information content (AvgIpc) is 2.70. The SMILES string of the molecule is CC1=NCC(C)=C(Nc2nc(-c3ccccc3C(F)(F)F)nc3ccccc23)N1. The summed E-state index contributed by atoms with van der Waals surface area (Å²) in [6.07, 6.45) is -4.50. The van der Waals surface area contributed by atoms with Gasteiger partial charge >= 0.3 is 6.18 Å². The lowest BCUT2D eigenvalue weighted by Crippen LogP contribution is -2.30. The Morgan fingerprint density at radius 2 is 1.69 bits per heavy atom. The maximum atomic E-state index is 13.5. The van der Waals surface area contributed by atoms with Crippen LogP contribution in [0.5, 0.6) is 0 Å². The van der Waals surface area contributed by atoms with Crippen LogP contribution in [0.4, 0.5) is 19.0 Å². The lowest BCUT2D eigenvalue weighted by atomic mass is 10.1. The number of aliphatic imine (C=N–C) groups is 1. The molecule has 3 aromatic rings. The molecule has 8 heteroatoms. The summed E-state index contributed by atoms with van der Waals surface area (Å²) >= 11 is 0. The van der Waals surface area contributed by atoms with Crippen molar-refractivity contribution in [3.8, 4) is 11.4 Å². The summed E-state index contributed by atoms with van der Waals surface area (Å²) in [6.45, 7) is 4.31. The quantitative estimate of drug-likeness (QED) is 0.654. The molecule has 4 rings (SSSR count). The Morgan fingerprint density at radius 1 is 0.966 bits per heavy atom. The number of amidine groups is 1. The molecule has 0 unspecified atom stereocenters. The third-order valence-electron chi connectivity index (χ3n) is 4.61. The number of aromatic nitrogens is 2. The van der Waals surface area contributed by atoms with E-state index >= 15 is 0 Å². The van der Waals surface area contributed by atoms with Crippen LogP contribution in [0.25, 0.3) is 22.3 Å². The number of nitrogens with one attached hydrogen (secondary N) is 2. The molecular formula is C21H18F3N5. The van der Waals surface area contributed by atoms with Crippen molar-refractivity contribution in [1.82, 2.24) is 15.3 Å². The van der Waals surface area contributed by atoms with Gasteiger partial charge in [-0.05, 0) is 37.6 Å². The first-order valence-electron chi connectivity index (χ1n) is 9.01. The van der Waals surface area contributed by atoms with Gasteiger partial charge in [0, 0.05) is 10.9 Å². The first-order chi connectivity index (χ1) is 13.8. The Morgan fingerprint density at radius 3 is 2.48 bits per heavy atom. The Balaban J connectivity index is 1.87. The average molecular weight is 397 g/mol. The van der Waals surface area contributed by atoms with Crippen LogP contribution >= 0.6 is 0 Å². The van der Waals surface area contributed by atoms with Crippen molar-refractivity contribution < 1.29 is 13.2 Å². The summed E-state index contributed by atoms with van der Waals surface area (Å²) in [5.74, 6) is 1.91. The van der Waals surface area contributed by atoms with E-state index in [9.17, 15) is 13.2 Å². The van der Waals surface area contributed by atoms with E-state index in [0.717, 1.165) is 23.3 Å². The molecule has 148 valence electrons.